The minimum absolute atomic E-state index is 0.0856. The van der Waals surface area contributed by atoms with Gasteiger partial charge in [-0.2, -0.15) is 0 Å². The summed E-state index contributed by atoms with van der Waals surface area (Å²) in [4.78, 5) is 0. The summed E-state index contributed by atoms with van der Waals surface area (Å²) in [7, 11) is 0. The zero-order valence-electron chi connectivity index (χ0n) is 5.01. The van der Waals surface area contributed by atoms with Crippen molar-refractivity contribution in [3.63, 3.8) is 0 Å². The lowest BCUT2D eigenvalue weighted by Gasteiger charge is -2.32. The summed E-state index contributed by atoms with van der Waals surface area (Å²) < 4.78 is 0. The summed E-state index contributed by atoms with van der Waals surface area (Å²) in [6, 6.07) is 0. The van der Waals surface area contributed by atoms with E-state index in [-0.39, 0.29) is 6.10 Å². The van der Waals surface area contributed by atoms with E-state index < -0.39 is 0 Å². The number of hydrogen-bond acceptors (Lipinski definition) is 1. The lowest BCUT2D eigenvalue weighted by atomic mass is 9.78. The summed E-state index contributed by atoms with van der Waals surface area (Å²) in [5.41, 5.74) is 0. The van der Waals surface area contributed by atoms with Crippen LogP contribution in [0, 0.1) is 11.8 Å². The maximum Gasteiger partial charge on any atom is 0.0571 e. The molecular formula is C7H12O. The predicted octanol–water partition coefficient (Wildman–Crippen LogP) is 1.17. The van der Waals surface area contributed by atoms with Gasteiger partial charge in [-0.1, -0.05) is 0 Å². The molecule has 2 aliphatic carbocycles. The number of hydrogen-bond donors (Lipinski definition) is 1. The van der Waals surface area contributed by atoms with Gasteiger partial charge >= 0.3 is 0 Å². The van der Waals surface area contributed by atoms with Gasteiger partial charge in [-0.25, -0.2) is 0 Å². The van der Waals surface area contributed by atoms with Gasteiger partial charge in [0.2, 0.25) is 0 Å². The fourth-order valence-corrected chi connectivity index (χ4v) is 1.58. The maximum absolute atomic E-state index is 9.12. The highest BCUT2D eigenvalue weighted by atomic mass is 16.3. The van der Waals surface area contributed by atoms with Gasteiger partial charge in [0, 0.05) is 0 Å². The Hall–Kier alpha value is -0.0400. The van der Waals surface area contributed by atoms with E-state index in [1.54, 1.807) is 0 Å². The largest absolute Gasteiger partial charge is 0.393 e. The van der Waals surface area contributed by atoms with Crippen LogP contribution in [0.1, 0.15) is 25.7 Å². The van der Waals surface area contributed by atoms with Crippen LogP contribution >= 0.6 is 0 Å². The van der Waals surface area contributed by atoms with Crippen molar-refractivity contribution in [2.24, 2.45) is 11.8 Å². The molecule has 46 valence electrons. The highest BCUT2D eigenvalue weighted by Crippen LogP contribution is 2.46. The Bertz CT molecular complexity index is 94.6. The molecule has 8 heavy (non-hydrogen) atoms. The molecule has 0 spiro atoms. The third kappa shape index (κ3) is 0.576. The van der Waals surface area contributed by atoms with Crippen LogP contribution in [0.3, 0.4) is 0 Å². The van der Waals surface area contributed by atoms with Gasteiger partial charge in [0.15, 0.2) is 0 Å². The van der Waals surface area contributed by atoms with Crippen LogP contribution in [0.2, 0.25) is 0 Å². The van der Waals surface area contributed by atoms with Gasteiger partial charge in [0.1, 0.15) is 0 Å². The zero-order chi connectivity index (χ0) is 5.56. The van der Waals surface area contributed by atoms with Gasteiger partial charge in [-0.15, -0.1) is 0 Å². The topological polar surface area (TPSA) is 20.2 Å². The highest BCUT2D eigenvalue weighted by Gasteiger charge is 2.40. The minimum Gasteiger partial charge on any atom is -0.393 e. The van der Waals surface area contributed by atoms with E-state index >= 15 is 0 Å². The van der Waals surface area contributed by atoms with Crippen molar-refractivity contribution in [3.05, 3.63) is 0 Å². The summed E-state index contributed by atoms with van der Waals surface area (Å²) in [6.45, 7) is 0. The average molecular weight is 112 g/mol. The summed E-state index contributed by atoms with van der Waals surface area (Å²) >= 11 is 0. The molecule has 1 N–H and O–H groups in total. The van der Waals surface area contributed by atoms with E-state index in [1.807, 2.05) is 0 Å². The Labute approximate surface area is 49.7 Å². The number of aliphatic hydroxyl groups excluding tert-OH is 1. The maximum atomic E-state index is 9.12. The fourth-order valence-electron chi connectivity index (χ4n) is 1.58. The quantitative estimate of drug-likeness (QED) is 0.539. The molecule has 0 saturated heterocycles. The SMILES string of the molecule is O[C@@H]1CC[C@H]1C1CC1. The normalized spacial score (nSPS) is 46.1. The number of aliphatic hydroxyl groups is 1. The molecule has 0 radical (unpaired) electrons. The molecule has 2 atom stereocenters. The van der Waals surface area contributed by atoms with E-state index in [0.717, 1.165) is 18.3 Å². The average Bonchev–Trinajstić information content (AvgIpc) is 2.46. The van der Waals surface area contributed by atoms with Crippen LogP contribution in [-0.4, -0.2) is 11.2 Å². The third-order valence-corrected chi connectivity index (χ3v) is 2.52. The molecule has 0 aromatic carbocycles. The van der Waals surface area contributed by atoms with Gasteiger partial charge in [0.25, 0.3) is 0 Å². The van der Waals surface area contributed by atoms with Crippen LogP contribution in [0.25, 0.3) is 0 Å². The Morgan fingerprint density at radius 2 is 1.75 bits per heavy atom. The van der Waals surface area contributed by atoms with Gasteiger partial charge < -0.3 is 5.11 Å². The lowest BCUT2D eigenvalue weighted by molar-refractivity contribution is 0.0118. The Morgan fingerprint density at radius 3 is 1.88 bits per heavy atom. The van der Waals surface area contributed by atoms with Crippen LogP contribution < -0.4 is 0 Å². The molecular weight excluding hydrogens is 100 g/mol. The highest BCUT2D eigenvalue weighted by molar-refractivity contribution is 4.91. The van der Waals surface area contributed by atoms with Crippen LogP contribution in [0.4, 0.5) is 0 Å². The molecule has 0 aromatic heterocycles. The van der Waals surface area contributed by atoms with Crippen molar-refractivity contribution in [3.8, 4) is 0 Å². The van der Waals surface area contributed by atoms with E-state index in [1.165, 1.54) is 19.3 Å². The molecule has 2 aliphatic rings. The third-order valence-electron chi connectivity index (χ3n) is 2.52. The van der Waals surface area contributed by atoms with E-state index in [2.05, 4.69) is 0 Å². The molecule has 0 unspecified atom stereocenters. The predicted molar refractivity (Wildman–Crippen MR) is 31.5 cm³/mol. The second-order valence-electron chi connectivity index (χ2n) is 3.15. The number of rotatable bonds is 1. The Kier molecular flexibility index (Phi) is 0.884. The molecule has 0 bridgehead atoms. The van der Waals surface area contributed by atoms with Gasteiger partial charge in [-0.05, 0) is 37.5 Å². The first-order valence-corrected chi connectivity index (χ1v) is 3.56. The molecule has 2 saturated carbocycles. The summed E-state index contributed by atoms with van der Waals surface area (Å²) in [5.74, 6) is 1.65. The molecule has 1 heteroatoms. The van der Waals surface area contributed by atoms with Gasteiger partial charge in [-0.3, -0.25) is 0 Å². The van der Waals surface area contributed by atoms with Crippen molar-refractivity contribution in [2.75, 3.05) is 0 Å². The first-order chi connectivity index (χ1) is 3.88. The standard InChI is InChI=1S/C7H12O/c8-7-4-3-6(7)5-1-2-5/h5-8H,1-4H2/t6-,7+/m0/s1. The van der Waals surface area contributed by atoms with Crippen LogP contribution in [0.5, 0.6) is 0 Å². The summed E-state index contributed by atoms with van der Waals surface area (Å²) in [5, 5.41) is 9.12. The Morgan fingerprint density at radius 1 is 1.00 bits per heavy atom. The minimum atomic E-state index is 0.0856. The van der Waals surface area contributed by atoms with Crippen molar-refractivity contribution < 1.29 is 5.11 Å². The molecule has 0 aromatic rings. The molecule has 0 heterocycles. The molecule has 2 fully saturated rings. The zero-order valence-corrected chi connectivity index (χ0v) is 5.01. The Balaban J connectivity index is 1.87. The van der Waals surface area contributed by atoms with E-state index in [4.69, 9.17) is 5.11 Å². The lowest BCUT2D eigenvalue weighted by Crippen LogP contribution is -2.32. The molecule has 0 aliphatic heterocycles. The smallest absolute Gasteiger partial charge is 0.0571 e. The monoisotopic (exact) mass is 112 g/mol. The first kappa shape index (κ1) is 4.80. The van der Waals surface area contributed by atoms with Crippen molar-refractivity contribution in [1.29, 1.82) is 0 Å². The molecule has 2 rings (SSSR count). The van der Waals surface area contributed by atoms with E-state index in [9.17, 15) is 0 Å². The first-order valence-electron chi connectivity index (χ1n) is 3.56. The van der Waals surface area contributed by atoms with Crippen molar-refractivity contribution >= 4 is 0 Å². The van der Waals surface area contributed by atoms with Crippen LogP contribution in [-0.2, 0) is 0 Å². The summed E-state index contributed by atoms with van der Waals surface area (Å²) in [6.07, 6.45) is 5.23. The molecule has 0 amide bonds. The fraction of sp³-hybridized carbons (Fsp3) is 1.00. The van der Waals surface area contributed by atoms with Crippen LogP contribution in [0.15, 0.2) is 0 Å². The van der Waals surface area contributed by atoms with Crippen molar-refractivity contribution in [1.82, 2.24) is 0 Å². The second kappa shape index (κ2) is 1.47. The van der Waals surface area contributed by atoms with Crippen molar-refractivity contribution in [2.45, 2.75) is 31.8 Å². The van der Waals surface area contributed by atoms with E-state index in [0.29, 0.717) is 0 Å². The van der Waals surface area contributed by atoms with Gasteiger partial charge in [0.05, 0.1) is 6.10 Å². The molecule has 1 nitrogen and oxygen atoms in total. The second-order valence-corrected chi connectivity index (χ2v) is 3.15.